The molecule has 5 heteroatoms. The minimum atomic E-state index is -0.00975. The van der Waals surface area contributed by atoms with Crippen LogP contribution in [-0.2, 0) is 4.74 Å². The molecule has 1 N–H and O–H groups in total. The van der Waals surface area contributed by atoms with Crippen LogP contribution in [0.5, 0.6) is 0 Å². The molecule has 19 heavy (non-hydrogen) atoms. The lowest BCUT2D eigenvalue weighted by Crippen LogP contribution is -2.40. The Bertz CT molecular complexity index is 569. The van der Waals surface area contributed by atoms with E-state index in [9.17, 15) is 0 Å². The number of hydrogen-bond donors (Lipinski definition) is 1. The van der Waals surface area contributed by atoms with E-state index in [4.69, 9.17) is 4.74 Å². The topological polar surface area (TPSA) is 59.9 Å². The lowest BCUT2D eigenvalue weighted by atomic mass is 9.96. The molecule has 1 aliphatic rings. The maximum Gasteiger partial charge on any atom is 0.158 e. The second kappa shape index (κ2) is 4.74. The molecule has 1 saturated heterocycles. The van der Waals surface area contributed by atoms with Gasteiger partial charge in [0.2, 0.25) is 0 Å². The molecular formula is C14H18N4O. The van der Waals surface area contributed by atoms with Gasteiger partial charge in [0, 0.05) is 23.2 Å². The molecule has 1 atom stereocenters. The van der Waals surface area contributed by atoms with Crippen LogP contribution in [0.1, 0.15) is 26.7 Å². The van der Waals surface area contributed by atoms with E-state index in [1.54, 1.807) is 12.4 Å². The molecule has 3 rings (SSSR count). The zero-order chi connectivity index (χ0) is 13.3. The van der Waals surface area contributed by atoms with Crippen LogP contribution >= 0.6 is 0 Å². The Hall–Kier alpha value is -1.75. The smallest absolute Gasteiger partial charge is 0.158 e. The number of anilines is 1. The Morgan fingerprint density at radius 3 is 3.05 bits per heavy atom. The Morgan fingerprint density at radius 2 is 2.26 bits per heavy atom. The largest absolute Gasteiger partial charge is 0.373 e. The van der Waals surface area contributed by atoms with Crippen molar-refractivity contribution in [2.75, 3.05) is 11.9 Å². The average molecular weight is 258 g/mol. The van der Waals surface area contributed by atoms with Gasteiger partial charge in [-0.15, -0.1) is 5.10 Å². The Morgan fingerprint density at radius 1 is 1.37 bits per heavy atom. The molecule has 0 aromatic carbocycles. The van der Waals surface area contributed by atoms with Crippen LogP contribution in [0.4, 0.5) is 5.82 Å². The molecule has 1 unspecified atom stereocenters. The van der Waals surface area contributed by atoms with Gasteiger partial charge in [-0.2, -0.15) is 5.10 Å². The fraction of sp³-hybridized carbons (Fsp3) is 0.500. The van der Waals surface area contributed by atoms with Crippen LogP contribution in [-0.4, -0.2) is 33.4 Å². The van der Waals surface area contributed by atoms with Crippen molar-refractivity contribution < 1.29 is 4.74 Å². The first kappa shape index (κ1) is 12.3. The average Bonchev–Trinajstić information content (AvgIpc) is 2.42. The zero-order valence-electron chi connectivity index (χ0n) is 11.3. The second-order valence-electron chi connectivity index (χ2n) is 5.61. The van der Waals surface area contributed by atoms with Gasteiger partial charge >= 0.3 is 0 Å². The highest BCUT2D eigenvalue weighted by atomic mass is 16.5. The third-order valence-corrected chi connectivity index (χ3v) is 3.58. The molecule has 1 fully saturated rings. The van der Waals surface area contributed by atoms with Gasteiger partial charge in [0.1, 0.15) is 0 Å². The summed E-state index contributed by atoms with van der Waals surface area (Å²) in [6.45, 7) is 4.96. The molecule has 0 spiro atoms. The van der Waals surface area contributed by atoms with Crippen LogP contribution in [0.15, 0.2) is 24.7 Å². The molecule has 1 aliphatic heterocycles. The highest BCUT2D eigenvalue weighted by Crippen LogP contribution is 2.26. The van der Waals surface area contributed by atoms with Gasteiger partial charge < -0.3 is 10.1 Å². The van der Waals surface area contributed by atoms with Crippen LogP contribution in [0, 0.1) is 0 Å². The third kappa shape index (κ3) is 2.66. The summed E-state index contributed by atoms with van der Waals surface area (Å²) in [6.07, 6.45) is 7.45. The normalized spacial score (nSPS) is 22.3. The number of fused-ring (bicyclic) bond motifs is 1. The second-order valence-corrected chi connectivity index (χ2v) is 5.61. The van der Waals surface area contributed by atoms with E-state index in [0.29, 0.717) is 6.61 Å². The van der Waals surface area contributed by atoms with Gasteiger partial charge in [0.05, 0.1) is 24.4 Å². The van der Waals surface area contributed by atoms with E-state index < -0.39 is 0 Å². The monoisotopic (exact) mass is 258 g/mol. The summed E-state index contributed by atoms with van der Waals surface area (Å²) < 4.78 is 5.84. The zero-order valence-corrected chi connectivity index (χ0v) is 11.3. The van der Waals surface area contributed by atoms with Gasteiger partial charge in [0.25, 0.3) is 0 Å². The van der Waals surface area contributed by atoms with E-state index in [2.05, 4.69) is 34.3 Å². The van der Waals surface area contributed by atoms with Crippen molar-refractivity contribution in [3.63, 3.8) is 0 Å². The molecule has 0 amide bonds. The minimum absolute atomic E-state index is 0.00975. The number of nitrogens with one attached hydrogen (secondary N) is 1. The molecule has 5 nitrogen and oxygen atoms in total. The number of aromatic nitrogens is 3. The van der Waals surface area contributed by atoms with Crippen LogP contribution < -0.4 is 5.32 Å². The van der Waals surface area contributed by atoms with Crippen molar-refractivity contribution in [2.45, 2.75) is 38.3 Å². The van der Waals surface area contributed by atoms with E-state index in [1.807, 2.05) is 12.3 Å². The fourth-order valence-corrected chi connectivity index (χ4v) is 2.34. The summed E-state index contributed by atoms with van der Waals surface area (Å²) >= 11 is 0. The maximum atomic E-state index is 5.84. The fourth-order valence-electron chi connectivity index (χ4n) is 2.34. The van der Waals surface area contributed by atoms with Crippen LogP contribution in [0.3, 0.4) is 0 Å². The van der Waals surface area contributed by atoms with Crippen molar-refractivity contribution in [3.05, 3.63) is 24.7 Å². The van der Waals surface area contributed by atoms with E-state index >= 15 is 0 Å². The number of hydrogen-bond acceptors (Lipinski definition) is 5. The summed E-state index contributed by atoms with van der Waals surface area (Å²) in [4.78, 5) is 4.15. The van der Waals surface area contributed by atoms with Gasteiger partial charge in [-0.3, -0.25) is 4.98 Å². The van der Waals surface area contributed by atoms with Crippen molar-refractivity contribution in [1.82, 2.24) is 15.2 Å². The van der Waals surface area contributed by atoms with Crippen LogP contribution in [0.2, 0.25) is 0 Å². The molecule has 0 radical (unpaired) electrons. The molecule has 0 saturated carbocycles. The predicted molar refractivity (Wildman–Crippen MR) is 74.0 cm³/mol. The van der Waals surface area contributed by atoms with E-state index in [-0.39, 0.29) is 11.6 Å². The molecule has 0 aliphatic carbocycles. The minimum Gasteiger partial charge on any atom is -0.373 e. The Balaban J connectivity index is 1.79. The maximum absolute atomic E-state index is 5.84. The summed E-state index contributed by atoms with van der Waals surface area (Å²) in [5.41, 5.74) is -0.00975. The summed E-state index contributed by atoms with van der Waals surface area (Å²) in [6, 6.07) is 2.23. The first-order chi connectivity index (χ1) is 9.14. The Kier molecular flexibility index (Phi) is 3.06. The van der Waals surface area contributed by atoms with Crippen molar-refractivity contribution in [3.8, 4) is 0 Å². The standard InChI is InChI=1S/C14H18N4O/c1-14(2)5-3-11(9-19-14)17-13-12-8-15-6-4-10(12)7-16-18-13/h4,6-8,11H,3,5,9H2,1-2H3,(H,17,18). The van der Waals surface area contributed by atoms with E-state index in [0.717, 1.165) is 29.4 Å². The molecular weight excluding hydrogens is 240 g/mol. The lowest BCUT2D eigenvalue weighted by Gasteiger charge is -2.35. The van der Waals surface area contributed by atoms with Crippen molar-refractivity contribution in [1.29, 1.82) is 0 Å². The molecule has 3 heterocycles. The van der Waals surface area contributed by atoms with Gasteiger partial charge in [-0.1, -0.05) is 0 Å². The van der Waals surface area contributed by atoms with Crippen molar-refractivity contribution in [2.24, 2.45) is 0 Å². The molecule has 0 bridgehead atoms. The summed E-state index contributed by atoms with van der Waals surface area (Å²) in [7, 11) is 0. The van der Waals surface area contributed by atoms with E-state index in [1.165, 1.54) is 0 Å². The predicted octanol–water partition coefficient (Wildman–Crippen LogP) is 2.39. The van der Waals surface area contributed by atoms with Gasteiger partial charge in [-0.05, 0) is 32.8 Å². The number of pyridine rings is 1. The first-order valence-corrected chi connectivity index (χ1v) is 6.60. The number of ether oxygens (including phenoxy) is 1. The first-order valence-electron chi connectivity index (χ1n) is 6.60. The quantitative estimate of drug-likeness (QED) is 0.896. The van der Waals surface area contributed by atoms with Gasteiger partial charge in [-0.25, -0.2) is 0 Å². The Labute approximate surface area is 112 Å². The third-order valence-electron chi connectivity index (χ3n) is 3.58. The summed E-state index contributed by atoms with van der Waals surface area (Å²) in [5, 5.41) is 13.7. The SMILES string of the molecule is CC1(C)CCC(Nc2nncc3ccncc23)CO1. The number of rotatable bonds is 2. The lowest BCUT2D eigenvalue weighted by molar-refractivity contribution is -0.0563. The molecule has 2 aromatic heterocycles. The molecule has 100 valence electrons. The number of nitrogens with zero attached hydrogens (tertiary/aromatic N) is 3. The molecule has 2 aromatic rings. The summed E-state index contributed by atoms with van der Waals surface area (Å²) in [5.74, 6) is 0.791. The highest BCUT2D eigenvalue weighted by molar-refractivity contribution is 5.90. The highest BCUT2D eigenvalue weighted by Gasteiger charge is 2.27. The van der Waals surface area contributed by atoms with Gasteiger partial charge in [0.15, 0.2) is 5.82 Å². The van der Waals surface area contributed by atoms with Crippen LogP contribution in [0.25, 0.3) is 10.8 Å². The van der Waals surface area contributed by atoms with Crippen molar-refractivity contribution >= 4 is 16.6 Å².